The number of fused-ring (bicyclic) bond motifs is 1. The lowest BCUT2D eigenvalue weighted by Crippen LogP contribution is -2.14. The fourth-order valence-electron chi connectivity index (χ4n) is 2.06. The molecule has 0 atom stereocenters. The van der Waals surface area contributed by atoms with Gasteiger partial charge in [0.25, 0.3) is 0 Å². The zero-order chi connectivity index (χ0) is 16.6. The highest BCUT2D eigenvalue weighted by atomic mass is 32.2. The van der Waals surface area contributed by atoms with Crippen molar-refractivity contribution in [3.05, 3.63) is 22.3 Å². The topological polar surface area (TPSA) is 107 Å². The second-order valence-corrected chi connectivity index (χ2v) is 7.16. The highest BCUT2D eigenvalue weighted by Crippen LogP contribution is 2.33. The summed E-state index contributed by atoms with van der Waals surface area (Å²) in [5.41, 5.74) is 7.13. The molecule has 0 spiro atoms. The molecule has 23 heavy (non-hydrogen) atoms. The molecule has 3 aromatic heterocycles. The predicted octanol–water partition coefficient (Wildman–Crippen LogP) is 2.92. The standard InChI is InChI=1S/C14H15N5O2S2/c1-6-4-9(19-21-6)16-10(20)5-22-14-17-12(15)11-7(2)8(3)23-13(11)18-14/h4H,5H2,1-3H3,(H2,15,17,18)(H,16,19,20). The molecule has 0 bridgehead atoms. The highest BCUT2D eigenvalue weighted by Gasteiger charge is 2.14. The lowest BCUT2D eigenvalue weighted by Gasteiger charge is -2.03. The molecule has 0 aliphatic carbocycles. The van der Waals surface area contributed by atoms with Gasteiger partial charge in [-0.2, -0.15) is 0 Å². The van der Waals surface area contributed by atoms with Gasteiger partial charge in [-0.25, -0.2) is 9.97 Å². The minimum atomic E-state index is -0.205. The van der Waals surface area contributed by atoms with E-state index in [2.05, 4.69) is 20.4 Å². The van der Waals surface area contributed by atoms with Crippen molar-refractivity contribution in [1.29, 1.82) is 0 Å². The number of aromatic nitrogens is 3. The molecule has 0 fully saturated rings. The van der Waals surface area contributed by atoms with E-state index in [1.54, 1.807) is 24.3 Å². The fraction of sp³-hybridized carbons (Fsp3) is 0.286. The molecule has 0 aromatic carbocycles. The number of nitrogens with two attached hydrogens (primary N) is 1. The van der Waals surface area contributed by atoms with Crippen LogP contribution in [0.2, 0.25) is 0 Å². The van der Waals surface area contributed by atoms with E-state index in [1.165, 1.54) is 16.6 Å². The summed E-state index contributed by atoms with van der Waals surface area (Å²) in [6.45, 7) is 5.80. The van der Waals surface area contributed by atoms with E-state index in [0.717, 1.165) is 15.8 Å². The number of anilines is 2. The van der Waals surface area contributed by atoms with Crippen LogP contribution >= 0.6 is 23.1 Å². The first kappa shape index (κ1) is 15.8. The van der Waals surface area contributed by atoms with Crippen molar-refractivity contribution in [2.75, 3.05) is 16.8 Å². The number of nitrogen functional groups attached to an aromatic ring is 1. The van der Waals surface area contributed by atoms with E-state index in [-0.39, 0.29) is 11.7 Å². The molecule has 0 saturated heterocycles. The summed E-state index contributed by atoms with van der Waals surface area (Å²) in [5.74, 6) is 1.45. The summed E-state index contributed by atoms with van der Waals surface area (Å²) in [7, 11) is 0. The van der Waals surface area contributed by atoms with Gasteiger partial charge in [0.05, 0.1) is 11.1 Å². The second kappa shape index (κ2) is 6.17. The first-order valence-electron chi connectivity index (χ1n) is 6.83. The zero-order valence-corrected chi connectivity index (χ0v) is 14.5. The largest absolute Gasteiger partial charge is 0.383 e. The molecule has 0 aliphatic heterocycles. The average molecular weight is 349 g/mol. The third-order valence-electron chi connectivity index (χ3n) is 3.26. The maximum Gasteiger partial charge on any atom is 0.236 e. The first-order valence-corrected chi connectivity index (χ1v) is 8.63. The third-order valence-corrected chi connectivity index (χ3v) is 5.21. The number of nitrogens with one attached hydrogen (secondary N) is 1. The van der Waals surface area contributed by atoms with Crippen molar-refractivity contribution >= 4 is 50.9 Å². The number of aryl methyl sites for hydroxylation is 3. The Hall–Kier alpha value is -2.13. The van der Waals surface area contributed by atoms with Crippen molar-refractivity contribution in [3.8, 4) is 0 Å². The third kappa shape index (κ3) is 3.30. The van der Waals surface area contributed by atoms with Gasteiger partial charge in [-0.15, -0.1) is 11.3 Å². The zero-order valence-electron chi connectivity index (χ0n) is 12.8. The number of nitrogens with zero attached hydrogens (tertiary/aromatic N) is 3. The minimum absolute atomic E-state index is 0.167. The minimum Gasteiger partial charge on any atom is -0.383 e. The lowest BCUT2D eigenvalue weighted by atomic mass is 10.2. The maximum absolute atomic E-state index is 11.9. The van der Waals surface area contributed by atoms with Crippen LogP contribution in [0.5, 0.6) is 0 Å². The van der Waals surface area contributed by atoms with Crippen molar-refractivity contribution in [3.63, 3.8) is 0 Å². The molecule has 3 rings (SSSR count). The Morgan fingerprint density at radius 3 is 2.87 bits per heavy atom. The van der Waals surface area contributed by atoms with Crippen LogP contribution in [0.25, 0.3) is 10.2 Å². The summed E-state index contributed by atoms with van der Waals surface area (Å²) in [6, 6.07) is 1.65. The van der Waals surface area contributed by atoms with Crippen LogP contribution < -0.4 is 11.1 Å². The van der Waals surface area contributed by atoms with E-state index in [1.807, 2.05) is 13.8 Å². The molecular formula is C14H15N5O2S2. The van der Waals surface area contributed by atoms with E-state index >= 15 is 0 Å². The van der Waals surface area contributed by atoms with Crippen molar-refractivity contribution < 1.29 is 9.32 Å². The van der Waals surface area contributed by atoms with Gasteiger partial charge < -0.3 is 15.6 Å². The Labute approximate surface area is 140 Å². The van der Waals surface area contributed by atoms with Gasteiger partial charge in [-0.05, 0) is 26.3 Å². The summed E-state index contributed by atoms with van der Waals surface area (Å²) < 4.78 is 4.89. The quantitative estimate of drug-likeness (QED) is 0.551. The number of hydrogen-bond acceptors (Lipinski definition) is 8. The van der Waals surface area contributed by atoms with Crippen LogP contribution in [-0.2, 0) is 4.79 Å². The van der Waals surface area contributed by atoms with Crippen LogP contribution in [0.3, 0.4) is 0 Å². The monoisotopic (exact) mass is 349 g/mol. The van der Waals surface area contributed by atoms with Crippen LogP contribution in [0, 0.1) is 20.8 Å². The summed E-state index contributed by atoms with van der Waals surface area (Å²) in [4.78, 5) is 22.7. The summed E-state index contributed by atoms with van der Waals surface area (Å²) >= 11 is 2.81. The number of rotatable bonds is 4. The molecule has 9 heteroatoms. The molecule has 3 aromatic rings. The van der Waals surface area contributed by atoms with Gasteiger partial charge in [-0.3, -0.25) is 4.79 Å². The van der Waals surface area contributed by atoms with Gasteiger partial charge in [0, 0.05) is 10.9 Å². The molecule has 1 amide bonds. The highest BCUT2D eigenvalue weighted by molar-refractivity contribution is 7.99. The summed E-state index contributed by atoms with van der Waals surface area (Å²) in [5, 5.41) is 7.75. The number of hydrogen-bond donors (Lipinski definition) is 2. The van der Waals surface area contributed by atoms with Gasteiger partial charge in [0.15, 0.2) is 11.0 Å². The molecule has 0 radical (unpaired) electrons. The Bertz CT molecular complexity index is 887. The molecule has 120 valence electrons. The predicted molar refractivity (Wildman–Crippen MR) is 91.9 cm³/mol. The SMILES string of the molecule is Cc1cc(NC(=O)CSc2nc(N)c3c(C)c(C)sc3n2)no1. The molecule has 3 heterocycles. The lowest BCUT2D eigenvalue weighted by molar-refractivity contribution is -0.113. The normalized spacial score (nSPS) is 11.1. The number of thioether (sulfide) groups is 1. The Morgan fingerprint density at radius 1 is 1.39 bits per heavy atom. The molecule has 0 aliphatic rings. The summed E-state index contributed by atoms with van der Waals surface area (Å²) in [6.07, 6.45) is 0. The Kier molecular flexibility index (Phi) is 4.22. The number of carbonyl (C=O) groups is 1. The van der Waals surface area contributed by atoms with Gasteiger partial charge >= 0.3 is 0 Å². The van der Waals surface area contributed by atoms with E-state index in [9.17, 15) is 4.79 Å². The number of amides is 1. The molecule has 0 unspecified atom stereocenters. The van der Waals surface area contributed by atoms with Crippen LogP contribution in [-0.4, -0.2) is 26.8 Å². The van der Waals surface area contributed by atoms with E-state index in [0.29, 0.717) is 22.6 Å². The van der Waals surface area contributed by atoms with Gasteiger partial charge in [-0.1, -0.05) is 16.9 Å². The van der Waals surface area contributed by atoms with E-state index in [4.69, 9.17) is 10.3 Å². The fourth-order valence-corrected chi connectivity index (χ4v) is 3.81. The van der Waals surface area contributed by atoms with Crippen LogP contribution in [0.4, 0.5) is 11.6 Å². The second-order valence-electron chi connectivity index (χ2n) is 5.01. The Morgan fingerprint density at radius 2 is 2.17 bits per heavy atom. The first-order chi connectivity index (χ1) is 10.9. The van der Waals surface area contributed by atoms with Crippen LogP contribution in [0.15, 0.2) is 15.7 Å². The number of thiophene rings is 1. The van der Waals surface area contributed by atoms with Gasteiger partial charge in [0.2, 0.25) is 5.91 Å². The molecule has 3 N–H and O–H groups in total. The smallest absolute Gasteiger partial charge is 0.236 e. The molecule has 0 saturated carbocycles. The van der Waals surface area contributed by atoms with Crippen molar-refractivity contribution in [2.45, 2.75) is 25.9 Å². The maximum atomic E-state index is 11.9. The van der Waals surface area contributed by atoms with E-state index < -0.39 is 0 Å². The molecular weight excluding hydrogens is 334 g/mol. The van der Waals surface area contributed by atoms with Crippen molar-refractivity contribution in [1.82, 2.24) is 15.1 Å². The van der Waals surface area contributed by atoms with Crippen molar-refractivity contribution in [2.24, 2.45) is 0 Å². The van der Waals surface area contributed by atoms with Gasteiger partial charge in [0.1, 0.15) is 16.4 Å². The van der Waals surface area contributed by atoms with Crippen LogP contribution in [0.1, 0.15) is 16.2 Å². The number of carbonyl (C=O) groups excluding carboxylic acids is 1. The Balaban J connectivity index is 1.70. The molecule has 7 nitrogen and oxygen atoms in total. The average Bonchev–Trinajstić information content (AvgIpc) is 3.01.